The number of carbonyl (C=O) groups excluding carboxylic acids is 1. The molecule has 1 fully saturated rings. The number of nitrogens with two attached hydrogens (primary N) is 1. The molecule has 3 N–H and O–H groups in total. The third-order valence-corrected chi connectivity index (χ3v) is 3.13. The normalized spacial score (nSPS) is 16.1. The van der Waals surface area contributed by atoms with Crippen LogP contribution >= 0.6 is 0 Å². The molecular formula is C13H17FN2O3. The summed E-state index contributed by atoms with van der Waals surface area (Å²) in [5, 5.41) is 3.08. The van der Waals surface area contributed by atoms with E-state index in [0.29, 0.717) is 13.2 Å². The Kier molecular flexibility index (Phi) is 4.21. The average molecular weight is 268 g/mol. The number of methoxy groups -OCH3 is 1. The zero-order valence-corrected chi connectivity index (χ0v) is 10.7. The standard InChI is InChI=1S/C13H17FN2O3/c1-18-13(17)9-6-12(10(14)7-11(9)15)16-8-2-4-19-5-3-8/h6-8,16H,2-5,15H2,1H3. The Balaban J connectivity index is 2.21. The van der Waals surface area contributed by atoms with Gasteiger partial charge in [-0.1, -0.05) is 0 Å². The van der Waals surface area contributed by atoms with Gasteiger partial charge in [-0.3, -0.25) is 0 Å². The van der Waals surface area contributed by atoms with Crippen LogP contribution in [0.15, 0.2) is 12.1 Å². The predicted octanol–water partition coefficient (Wildman–Crippen LogP) is 1.79. The van der Waals surface area contributed by atoms with E-state index >= 15 is 0 Å². The first-order valence-electron chi connectivity index (χ1n) is 6.13. The third-order valence-electron chi connectivity index (χ3n) is 3.13. The fourth-order valence-electron chi connectivity index (χ4n) is 2.05. The Labute approximate surface area is 110 Å². The SMILES string of the molecule is COC(=O)c1cc(NC2CCOCC2)c(F)cc1N. The van der Waals surface area contributed by atoms with Gasteiger partial charge in [-0.05, 0) is 25.0 Å². The second kappa shape index (κ2) is 5.88. The molecule has 1 aliphatic rings. The van der Waals surface area contributed by atoms with Crippen LogP contribution in [-0.4, -0.2) is 32.3 Å². The molecule has 5 nitrogen and oxygen atoms in total. The highest BCUT2D eigenvalue weighted by Crippen LogP contribution is 2.25. The number of ether oxygens (including phenoxy) is 2. The minimum absolute atomic E-state index is 0.0712. The van der Waals surface area contributed by atoms with E-state index in [1.807, 2.05) is 0 Å². The Bertz CT molecular complexity index is 473. The van der Waals surface area contributed by atoms with Gasteiger partial charge < -0.3 is 20.5 Å². The van der Waals surface area contributed by atoms with Crippen molar-refractivity contribution in [2.24, 2.45) is 0 Å². The minimum atomic E-state index is -0.576. The monoisotopic (exact) mass is 268 g/mol. The van der Waals surface area contributed by atoms with Crippen LogP contribution in [0.3, 0.4) is 0 Å². The molecule has 0 saturated carbocycles. The summed E-state index contributed by atoms with van der Waals surface area (Å²) in [7, 11) is 1.26. The van der Waals surface area contributed by atoms with Crippen molar-refractivity contribution in [2.45, 2.75) is 18.9 Å². The Morgan fingerprint density at radius 2 is 2.16 bits per heavy atom. The molecule has 0 atom stereocenters. The number of benzene rings is 1. The number of halogens is 1. The summed E-state index contributed by atoms with van der Waals surface area (Å²) < 4.78 is 23.7. The van der Waals surface area contributed by atoms with Gasteiger partial charge in [0.15, 0.2) is 0 Å². The van der Waals surface area contributed by atoms with Gasteiger partial charge in [-0.25, -0.2) is 9.18 Å². The smallest absolute Gasteiger partial charge is 0.340 e. The molecule has 0 bridgehead atoms. The molecule has 0 aromatic heterocycles. The number of hydrogen-bond acceptors (Lipinski definition) is 5. The number of carbonyl (C=O) groups is 1. The highest BCUT2D eigenvalue weighted by molar-refractivity contribution is 5.96. The number of rotatable bonds is 3. The van der Waals surface area contributed by atoms with Crippen molar-refractivity contribution in [2.75, 3.05) is 31.4 Å². The molecule has 1 aromatic carbocycles. The number of hydrogen-bond donors (Lipinski definition) is 2. The van der Waals surface area contributed by atoms with Crippen LogP contribution in [0.2, 0.25) is 0 Å². The Morgan fingerprint density at radius 3 is 2.79 bits per heavy atom. The second-order valence-corrected chi connectivity index (χ2v) is 4.44. The van der Waals surface area contributed by atoms with E-state index < -0.39 is 11.8 Å². The topological polar surface area (TPSA) is 73.6 Å². The minimum Gasteiger partial charge on any atom is -0.465 e. The van der Waals surface area contributed by atoms with E-state index in [4.69, 9.17) is 10.5 Å². The number of nitrogens with one attached hydrogen (secondary N) is 1. The van der Waals surface area contributed by atoms with E-state index in [9.17, 15) is 9.18 Å². The summed E-state index contributed by atoms with van der Waals surface area (Å²) in [5.41, 5.74) is 6.11. The fraction of sp³-hybridized carbons (Fsp3) is 0.462. The molecule has 1 heterocycles. The van der Waals surface area contributed by atoms with Crippen molar-refractivity contribution in [3.63, 3.8) is 0 Å². The zero-order chi connectivity index (χ0) is 13.8. The molecule has 2 rings (SSSR count). The van der Waals surface area contributed by atoms with Crippen molar-refractivity contribution in [1.82, 2.24) is 0 Å². The second-order valence-electron chi connectivity index (χ2n) is 4.44. The van der Waals surface area contributed by atoms with E-state index in [0.717, 1.165) is 18.9 Å². The molecule has 1 aliphatic heterocycles. The number of nitrogen functional groups attached to an aromatic ring is 1. The quantitative estimate of drug-likeness (QED) is 0.645. The lowest BCUT2D eigenvalue weighted by atomic mass is 10.1. The predicted molar refractivity (Wildman–Crippen MR) is 69.6 cm³/mol. The van der Waals surface area contributed by atoms with E-state index in [-0.39, 0.29) is 23.0 Å². The van der Waals surface area contributed by atoms with E-state index in [2.05, 4.69) is 10.1 Å². The number of esters is 1. The molecule has 104 valence electrons. The molecule has 0 amide bonds. The fourth-order valence-corrected chi connectivity index (χ4v) is 2.05. The molecular weight excluding hydrogens is 251 g/mol. The van der Waals surface area contributed by atoms with Crippen molar-refractivity contribution in [1.29, 1.82) is 0 Å². The van der Waals surface area contributed by atoms with Crippen molar-refractivity contribution < 1.29 is 18.7 Å². The van der Waals surface area contributed by atoms with Crippen LogP contribution in [0.5, 0.6) is 0 Å². The Morgan fingerprint density at radius 1 is 1.47 bits per heavy atom. The molecule has 6 heteroatoms. The summed E-state index contributed by atoms with van der Waals surface area (Å²) in [6.07, 6.45) is 1.61. The molecule has 1 aromatic rings. The lowest BCUT2D eigenvalue weighted by Gasteiger charge is -2.24. The highest BCUT2D eigenvalue weighted by atomic mass is 19.1. The third kappa shape index (κ3) is 3.14. The van der Waals surface area contributed by atoms with Gasteiger partial charge in [0.25, 0.3) is 0 Å². The number of anilines is 2. The summed E-state index contributed by atoms with van der Waals surface area (Å²) in [6.45, 7) is 1.30. The van der Waals surface area contributed by atoms with Crippen LogP contribution in [0.1, 0.15) is 23.2 Å². The zero-order valence-electron chi connectivity index (χ0n) is 10.7. The molecule has 19 heavy (non-hydrogen) atoms. The van der Waals surface area contributed by atoms with Crippen molar-refractivity contribution >= 4 is 17.3 Å². The van der Waals surface area contributed by atoms with Gasteiger partial charge in [0.1, 0.15) is 5.82 Å². The van der Waals surface area contributed by atoms with Gasteiger partial charge in [0.2, 0.25) is 0 Å². The summed E-state index contributed by atoms with van der Waals surface area (Å²) in [5.74, 6) is -1.05. The average Bonchev–Trinajstić information content (AvgIpc) is 2.42. The van der Waals surface area contributed by atoms with Crippen LogP contribution in [0, 0.1) is 5.82 Å². The summed E-state index contributed by atoms with van der Waals surface area (Å²) in [6, 6.07) is 2.66. The molecule has 0 unspecified atom stereocenters. The first-order valence-corrected chi connectivity index (χ1v) is 6.13. The molecule has 0 aliphatic carbocycles. The van der Waals surface area contributed by atoms with Crippen molar-refractivity contribution in [3.8, 4) is 0 Å². The van der Waals surface area contributed by atoms with Gasteiger partial charge in [0, 0.05) is 24.9 Å². The van der Waals surface area contributed by atoms with Crippen LogP contribution in [0.25, 0.3) is 0 Å². The maximum atomic E-state index is 13.8. The maximum Gasteiger partial charge on any atom is 0.340 e. The van der Waals surface area contributed by atoms with Crippen molar-refractivity contribution in [3.05, 3.63) is 23.5 Å². The summed E-state index contributed by atoms with van der Waals surface area (Å²) >= 11 is 0. The van der Waals surface area contributed by atoms with E-state index in [1.54, 1.807) is 0 Å². The first kappa shape index (κ1) is 13.6. The lowest BCUT2D eigenvalue weighted by molar-refractivity contribution is 0.0602. The van der Waals surface area contributed by atoms with Crippen LogP contribution in [0.4, 0.5) is 15.8 Å². The summed E-state index contributed by atoms with van der Waals surface area (Å²) in [4.78, 5) is 11.5. The Hall–Kier alpha value is -1.82. The molecule has 1 saturated heterocycles. The van der Waals surface area contributed by atoms with Gasteiger partial charge in [-0.2, -0.15) is 0 Å². The van der Waals surface area contributed by atoms with Gasteiger partial charge >= 0.3 is 5.97 Å². The lowest BCUT2D eigenvalue weighted by Crippen LogP contribution is -2.28. The van der Waals surface area contributed by atoms with Gasteiger partial charge in [-0.15, -0.1) is 0 Å². The van der Waals surface area contributed by atoms with Crippen LogP contribution in [-0.2, 0) is 9.47 Å². The highest BCUT2D eigenvalue weighted by Gasteiger charge is 2.18. The molecule has 0 radical (unpaired) electrons. The first-order chi connectivity index (χ1) is 9.11. The largest absolute Gasteiger partial charge is 0.465 e. The van der Waals surface area contributed by atoms with Crippen LogP contribution < -0.4 is 11.1 Å². The van der Waals surface area contributed by atoms with Gasteiger partial charge in [0.05, 0.1) is 18.4 Å². The maximum absolute atomic E-state index is 13.8. The van der Waals surface area contributed by atoms with E-state index in [1.165, 1.54) is 13.2 Å². The molecule has 0 spiro atoms.